The van der Waals surface area contributed by atoms with Gasteiger partial charge in [-0.1, -0.05) is 27.2 Å². The van der Waals surface area contributed by atoms with Gasteiger partial charge in [0.2, 0.25) is 0 Å². The van der Waals surface area contributed by atoms with Crippen molar-refractivity contribution in [1.82, 2.24) is 5.32 Å². The van der Waals surface area contributed by atoms with Crippen LogP contribution in [0, 0.1) is 12.8 Å². The summed E-state index contributed by atoms with van der Waals surface area (Å²) in [4.78, 5) is 12.3. The highest BCUT2D eigenvalue weighted by Gasteiger charge is 2.15. The van der Waals surface area contributed by atoms with Crippen LogP contribution in [0.2, 0.25) is 0 Å². The molecule has 0 aliphatic carbocycles. The maximum atomic E-state index is 12.3. The van der Waals surface area contributed by atoms with E-state index in [2.05, 4.69) is 26.1 Å². The summed E-state index contributed by atoms with van der Waals surface area (Å²) in [5.74, 6) is 1.41. The topological polar surface area (TPSA) is 38.3 Å². The van der Waals surface area contributed by atoms with E-state index in [1.165, 1.54) is 0 Å². The van der Waals surface area contributed by atoms with Crippen molar-refractivity contribution in [1.29, 1.82) is 0 Å². The summed E-state index contributed by atoms with van der Waals surface area (Å²) in [6.07, 6.45) is 3.13. The molecule has 0 aliphatic heterocycles. The number of hydrogen-bond acceptors (Lipinski definition) is 2. The van der Waals surface area contributed by atoms with E-state index in [1.54, 1.807) is 7.11 Å². The predicted molar refractivity (Wildman–Crippen MR) is 83.3 cm³/mol. The number of aryl methyl sites for hydroxylation is 1. The largest absolute Gasteiger partial charge is 0.496 e. The molecule has 0 spiro atoms. The number of methoxy groups -OCH3 is 1. The molecule has 3 heteroatoms. The fourth-order valence-electron chi connectivity index (χ4n) is 2.45. The van der Waals surface area contributed by atoms with Gasteiger partial charge in [-0.25, -0.2) is 0 Å². The summed E-state index contributed by atoms with van der Waals surface area (Å²) in [5.41, 5.74) is 1.68. The minimum atomic E-state index is 0.00912. The third-order valence-electron chi connectivity index (χ3n) is 3.39. The first-order valence-electron chi connectivity index (χ1n) is 7.43. The standard InChI is InChI=1S/C17H27NO2/c1-6-7-15(10-12(2)3)18-17(19)14-8-9-16(20-5)13(4)11-14/h8-9,11-12,15H,6-7,10H2,1-5H3,(H,18,19). The molecule has 112 valence electrons. The van der Waals surface area contributed by atoms with E-state index in [0.29, 0.717) is 11.5 Å². The molecule has 1 aromatic rings. The molecule has 0 bridgehead atoms. The highest BCUT2D eigenvalue weighted by molar-refractivity contribution is 5.94. The van der Waals surface area contributed by atoms with Crippen LogP contribution >= 0.6 is 0 Å². The van der Waals surface area contributed by atoms with Crippen molar-refractivity contribution < 1.29 is 9.53 Å². The van der Waals surface area contributed by atoms with Gasteiger partial charge in [0, 0.05) is 11.6 Å². The van der Waals surface area contributed by atoms with Crippen LogP contribution in [0.25, 0.3) is 0 Å². The average Bonchev–Trinajstić information content (AvgIpc) is 2.38. The molecular formula is C17H27NO2. The van der Waals surface area contributed by atoms with Crippen LogP contribution in [-0.2, 0) is 0 Å². The Morgan fingerprint density at radius 1 is 1.35 bits per heavy atom. The van der Waals surface area contributed by atoms with Crippen LogP contribution in [0.15, 0.2) is 18.2 Å². The first kappa shape index (κ1) is 16.5. The molecule has 0 aromatic heterocycles. The first-order valence-corrected chi connectivity index (χ1v) is 7.43. The zero-order valence-electron chi connectivity index (χ0n) is 13.3. The minimum Gasteiger partial charge on any atom is -0.496 e. The number of nitrogens with one attached hydrogen (secondary N) is 1. The van der Waals surface area contributed by atoms with E-state index >= 15 is 0 Å². The van der Waals surface area contributed by atoms with E-state index in [-0.39, 0.29) is 11.9 Å². The van der Waals surface area contributed by atoms with Crippen LogP contribution < -0.4 is 10.1 Å². The number of carbonyl (C=O) groups excluding carboxylic acids is 1. The Labute approximate surface area is 122 Å². The quantitative estimate of drug-likeness (QED) is 0.819. The highest BCUT2D eigenvalue weighted by atomic mass is 16.5. The molecule has 0 fully saturated rings. The van der Waals surface area contributed by atoms with Crippen LogP contribution in [-0.4, -0.2) is 19.1 Å². The molecule has 1 atom stereocenters. The van der Waals surface area contributed by atoms with Crippen molar-refractivity contribution in [2.75, 3.05) is 7.11 Å². The lowest BCUT2D eigenvalue weighted by Gasteiger charge is -2.20. The maximum absolute atomic E-state index is 12.3. The van der Waals surface area contributed by atoms with Gasteiger partial charge in [0.1, 0.15) is 5.75 Å². The van der Waals surface area contributed by atoms with Crippen LogP contribution in [0.1, 0.15) is 56.0 Å². The smallest absolute Gasteiger partial charge is 0.251 e. The van der Waals surface area contributed by atoms with Crippen molar-refractivity contribution >= 4 is 5.91 Å². The number of amides is 1. The van der Waals surface area contributed by atoms with Gasteiger partial charge in [0.05, 0.1) is 7.11 Å². The lowest BCUT2D eigenvalue weighted by molar-refractivity contribution is 0.0929. The molecule has 20 heavy (non-hydrogen) atoms. The van der Waals surface area contributed by atoms with Gasteiger partial charge in [0.25, 0.3) is 5.91 Å². The maximum Gasteiger partial charge on any atom is 0.251 e. The Bertz CT molecular complexity index is 441. The monoisotopic (exact) mass is 277 g/mol. The van der Waals surface area contributed by atoms with Gasteiger partial charge < -0.3 is 10.1 Å². The number of hydrogen-bond donors (Lipinski definition) is 1. The van der Waals surface area contributed by atoms with Crippen LogP contribution in [0.4, 0.5) is 0 Å². The average molecular weight is 277 g/mol. The fraction of sp³-hybridized carbons (Fsp3) is 0.588. The molecule has 0 saturated carbocycles. The summed E-state index contributed by atoms with van der Waals surface area (Å²) in [7, 11) is 1.64. The molecule has 1 unspecified atom stereocenters. The van der Waals surface area contributed by atoms with Crippen LogP contribution in [0.5, 0.6) is 5.75 Å². The SMILES string of the molecule is CCCC(CC(C)C)NC(=O)c1ccc(OC)c(C)c1. The summed E-state index contributed by atoms with van der Waals surface area (Å²) in [6.45, 7) is 8.48. The molecule has 1 N–H and O–H groups in total. The van der Waals surface area contributed by atoms with Crippen LogP contribution in [0.3, 0.4) is 0 Å². The third-order valence-corrected chi connectivity index (χ3v) is 3.39. The lowest BCUT2D eigenvalue weighted by atomic mass is 9.99. The predicted octanol–water partition coefficient (Wildman–Crippen LogP) is 3.95. The zero-order valence-corrected chi connectivity index (χ0v) is 13.3. The van der Waals surface area contributed by atoms with Gasteiger partial charge in [-0.2, -0.15) is 0 Å². The normalized spacial score (nSPS) is 12.3. The summed E-state index contributed by atoms with van der Waals surface area (Å²) < 4.78 is 5.22. The zero-order chi connectivity index (χ0) is 15.1. The molecule has 3 nitrogen and oxygen atoms in total. The molecule has 0 heterocycles. The van der Waals surface area contributed by atoms with Gasteiger partial charge in [-0.05, 0) is 49.4 Å². The van der Waals surface area contributed by atoms with Crippen molar-refractivity contribution in [2.45, 2.75) is 53.0 Å². The van der Waals surface area contributed by atoms with Gasteiger partial charge >= 0.3 is 0 Å². The first-order chi connectivity index (χ1) is 9.47. The van der Waals surface area contributed by atoms with E-state index in [9.17, 15) is 4.79 Å². The molecule has 1 rings (SSSR count). The Kier molecular flexibility index (Phi) is 6.56. The van der Waals surface area contributed by atoms with E-state index in [1.807, 2.05) is 25.1 Å². The Morgan fingerprint density at radius 2 is 2.05 bits per heavy atom. The number of benzene rings is 1. The Balaban J connectivity index is 2.75. The van der Waals surface area contributed by atoms with Crippen molar-refractivity contribution in [3.63, 3.8) is 0 Å². The second-order valence-corrected chi connectivity index (χ2v) is 5.77. The lowest BCUT2D eigenvalue weighted by Crippen LogP contribution is -2.35. The molecule has 0 aliphatic rings. The molecule has 0 saturated heterocycles. The molecule has 0 radical (unpaired) electrons. The summed E-state index contributed by atoms with van der Waals surface area (Å²) >= 11 is 0. The number of carbonyl (C=O) groups is 1. The highest BCUT2D eigenvalue weighted by Crippen LogP contribution is 2.19. The number of rotatable bonds is 7. The van der Waals surface area contributed by atoms with Gasteiger partial charge in [-0.3, -0.25) is 4.79 Å². The molecule has 1 aromatic carbocycles. The Morgan fingerprint density at radius 3 is 2.55 bits per heavy atom. The number of ether oxygens (including phenoxy) is 1. The van der Waals surface area contributed by atoms with E-state index in [4.69, 9.17) is 4.74 Å². The van der Waals surface area contributed by atoms with E-state index < -0.39 is 0 Å². The van der Waals surface area contributed by atoms with Gasteiger partial charge in [0.15, 0.2) is 0 Å². The summed E-state index contributed by atoms with van der Waals surface area (Å²) in [5, 5.41) is 3.15. The second kappa shape index (κ2) is 7.93. The van der Waals surface area contributed by atoms with Crippen molar-refractivity contribution in [3.8, 4) is 5.75 Å². The minimum absolute atomic E-state index is 0.00912. The third kappa shape index (κ3) is 4.87. The molecule has 1 amide bonds. The fourth-order valence-corrected chi connectivity index (χ4v) is 2.45. The molecular weight excluding hydrogens is 250 g/mol. The van der Waals surface area contributed by atoms with Gasteiger partial charge in [-0.15, -0.1) is 0 Å². The summed E-state index contributed by atoms with van der Waals surface area (Å²) in [6, 6.07) is 5.81. The van der Waals surface area contributed by atoms with Crippen molar-refractivity contribution in [2.24, 2.45) is 5.92 Å². The Hall–Kier alpha value is -1.51. The van der Waals surface area contributed by atoms with E-state index in [0.717, 1.165) is 30.6 Å². The second-order valence-electron chi connectivity index (χ2n) is 5.77. The van der Waals surface area contributed by atoms with Crippen molar-refractivity contribution in [3.05, 3.63) is 29.3 Å².